The van der Waals surface area contributed by atoms with Crippen molar-refractivity contribution < 1.29 is 0 Å². The summed E-state index contributed by atoms with van der Waals surface area (Å²) in [5.41, 5.74) is 0. The van der Waals surface area contributed by atoms with Gasteiger partial charge in [-0.3, -0.25) is 0 Å². The van der Waals surface area contributed by atoms with Crippen molar-refractivity contribution in [3.8, 4) is 0 Å². The molecule has 2 aliphatic rings. The molecular weight excluding hydrogens is 222 g/mol. The Bertz CT molecular complexity index is 214. The summed E-state index contributed by atoms with van der Waals surface area (Å²) in [5, 5.41) is 3.56. The average molecular weight is 253 g/mol. The molecule has 1 atom stereocenters. The molecule has 3 heteroatoms. The third-order valence-electron chi connectivity index (χ3n) is 4.38. The van der Waals surface area contributed by atoms with Crippen molar-refractivity contribution in [3.05, 3.63) is 0 Å². The highest BCUT2D eigenvalue weighted by molar-refractivity contribution is 4.77. The molecule has 0 bridgehead atoms. The fourth-order valence-electron chi connectivity index (χ4n) is 3.29. The molecule has 18 heavy (non-hydrogen) atoms. The van der Waals surface area contributed by atoms with Crippen molar-refractivity contribution in [2.45, 2.75) is 39.0 Å². The van der Waals surface area contributed by atoms with Gasteiger partial charge in [-0.1, -0.05) is 6.92 Å². The fraction of sp³-hybridized carbons (Fsp3) is 1.00. The lowest BCUT2D eigenvalue weighted by atomic mass is 10.1. The largest absolute Gasteiger partial charge is 0.316 e. The molecule has 0 radical (unpaired) electrons. The average Bonchev–Trinajstić information content (AvgIpc) is 3.01. The first-order valence-electron chi connectivity index (χ1n) is 8.04. The molecule has 1 unspecified atom stereocenters. The van der Waals surface area contributed by atoms with Gasteiger partial charge in [0.25, 0.3) is 0 Å². The molecule has 0 aromatic carbocycles. The van der Waals surface area contributed by atoms with Crippen LogP contribution in [0, 0.1) is 5.92 Å². The molecule has 106 valence electrons. The molecule has 2 aliphatic heterocycles. The summed E-state index contributed by atoms with van der Waals surface area (Å²) in [6, 6.07) is 0. The van der Waals surface area contributed by atoms with E-state index in [9.17, 15) is 0 Å². The van der Waals surface area contributed by atoms with Gasteiger partial charge in [-0.15, -0.1) is 0 Å². The molecule has 0 spiro atoms. The maximum absolute atomic E-state index is 3.56. The first-order valence-corrected chi connectivity index (χ1v) is 8.04. The maximum Gasteiger partial charge on any atom is 0.00223 e. The summed E-state index contributed by atoms with van der Waals surface area (Å²) >= 11 is 0. The first kappa shape index (κ1) is 14.3. The Balaban J connectivity index is 1.49. The van der Waals surface area contributed by atoms with Crippen molar-refractivity contribution in [3.63, 3.8) is 0 Å². The predicted octanol–water partition coefficient (Wildman–Crippen LogP) is 1.79. The molecule has 2 fully saturated rings. The summed E-state index contributed by atoms with van der Waals surface area (Å²) in [7, 11) is 0. The van der Waals surface area contributed by atoms with Crippen LogP contribution in [0.4, 0.5) is 0 Å². The van der Waals surface area contributed by atoms with Crippen LogP contribution in [0.1, 0.15) is 39.0 Å². The minimum atomic E-state index is 0.906. The van der Waals surface area contributed by atoms with E-state index >= 15 is 0 Å². The molecule has 1 N–H and O–H groups in total. The Hall–Kier alpha value is -0.120. The summed E-state index contributed by atoms with van der Waals surface area (Å²) < 4.78 is 0. The van der Waals surface area contributed by atoms with E-state index in [1.54, 1.807) is 0 Å². The molecule has 3 nitrogen and oxygen atoms in total. The van der Waals surface area contributed by atoms with Gasteiger partial charge in [0.05, 0.1) is 0 Å². The number of rotatable bonds is 8. The van der Waals surface area contributed by atoms with Crippen LogP contribution in [0.3, 0.4) is 0 Å². The van der Waals surface area contributed by atoms with Crippen molar-refractivity contribution in [1.29, 1.82) is 0 Å². The van der Waals surface area contributed by atoms with E-state index in [0.717, 1.165) is 5.92 Å². The minimum absolute atomic E-state index is 0.906. The Morgan fingerprint density at radius 2 is 1.83 bits per heavy atom. The van der Waals surface area contributed by atoms with E-state index in [2.05, 4.69) is 22.0 Å². The van der Waals surface area contributed by atoms with Crippen LogP contribution in [-0.2, 0) is 0 Å². The second-order valence-corrected chi connectivity index (χ2v) is 6.06. The second-order valence-electron chi connectivity index (χ2n) is 6.06. The smallest absolute Gasteiger partial charge is 0.00223 e. The monoisotopic (exact) mass is 253 g/mol. The van der Waals surface area contributed by atoms with Crippen LogP contribution in [-0.4, -0.2) is 62.2 Å². The van der Waals surface area contributed by atoms with Gasteiger partial charge in [0.2, 0.25) is 0 Å². The summed E-state index contributed by atoms with van der Waals surface area (Å²) in [6.07, 6.45) is 6.88. The molecule has 2 saturated heterocycles. The van der Waals surface area contributed by atoms with Gasteiger partial charge in [-0.25, -0.2) is 0 Å². The van der Waals surface area contributed by atoms with Crippen LogP contribution in [0.5, 0.6) is 0 Å². The molecule has 0 aromatic rings. The van der Waals surface area contributed by atoms with Gasteiger partial charge in [-0.2, -0.15) is 0 Å². The highest BCUT2D eigenvalue weighted by atomic mass is 15.2. The van der Waals surface area contributed by atoms with Gasteiger partial charge < -0.3 is 15.1 Å². The first-order chi connectivity index (χ1) is 8.88. The van der Waals surface area contributed by atoms with E-state index in [-0.39, 0.29) is 0 Å². The van der Waals surface area contributed by atoms with E-state index in [0.29, 0.717) is 0 Å². The topological polar surface area (TPSA) is 18.5 Å². The number of nitrogens with one attached hydrogen (secondary N) is 1. The number of hydrogen-bond acceptors (Lipinski definition) is 3. The fourth-order valence-corrected chi connectivity index (χ4v) is 3.29. The van der Waals surface area contributed by atoms with Gasteiger partial charge in [0, 0.05) is 6.54 Å². The highest BCUT2D eigenvalue weighted by Crippen LogP contribution is 2.16. The van der Waals surface area contributed by atoms with Crippen molar-refractivity contribution in [2.75, 3.05) is 52.4 Å². The van der Waals surface area contributed by atoms with Gasteiger partial charge in [-0.05, 0) is 83.8 Å². The van der Waals surface area contributed by atoms with Crippen LogP contribution in [0.15, 0.2) is 0 Å². The second kappa shape index (κ2) is 8.13. The Morgan fingerprint density at radius 1 is 1.06 bits per heavy atom. The van der Waals surface area contributed by atoms with E-state index in [1.165, 1.54) is 84.5 Å². The molecule has 0 aromatic heterocycles. The van der Waals surface area contributed by atoms with Gasteiger partial charge in [0.1, 0.15) is 0 Å². The standard InChI is InChI=1S/C15H31N3/c1-2-7-16-13-15-6-12-18(14-15)11-5-10-17-8-3-4-9-17/h15-16H,2-14H2,1H3. The van der Waals surface area contributed by atoms with E-state index in [1.807, 2.05) is 0 Å². The molecule has 0 aliphatic carbocycles. The predicted molar refractivity (Wildman–Crippen MR) is 78.0 cm³/mol. The zero-order chi connectivity index (χ0) is 12.6. The van der Waals surface area contributed by atoms with Gasteiger partial charge in [0.15, 0.2) is 0 Å². The maximum atomic E-state index is 3.56. The zero-order valence-electron chi connectivity index (χ0n) is 12.2. The lowest BCUT2D eigenvalue weighted by Crippen LogP contribution is -2.29. The number of nitrogens with zero attached hydrogens (tertiary/aromatic N) is 2. The summed E-state index contributed by atoms with van der Waals surface area (Å²) in [6.45, 7) is 12.7. The van der Waals surface area contributed by atoms with Gasteiger partial charge >= 0.3 is 0 Å². The number of hydrogen-bond donors (Lipinski definition) is 1. The molecule has 0 saturated carbocycles. The van der Waals surface area contributed by atoms with Crippen LogP contribution >= 0.6 is 0 Å². The Labute approximate surface area is 113 Å². The molecule has 2 rings (SSSR count). The van der Waals surface area contributed by atoms with Crippen molar-refractivity contribution >= 4 is 0 Å². The zero-order valence-corrected chi connectivity index (χ0v) is 12.2. The molecule has 0 amide bonds. The lowest BCUT2D eigenvalue weighted by Gasteiger charge is -2.19. The summed E-state index contributed by atoms with van der Waals surface area (Å²) in [4.78, 5) is 5.31. The minimum Gasteiger partial charge on any atom is -0.316 e. The Morgan fingerprint density at radius 3 is 2.61 bits per heavy atom. The Kier molecular flexibility index (Phi) is 6.46. The van der Waals surface area contributed by atoms with Crippen LogP contribution in [0.2, 0.25) is 0 Å². The highest BCUT2D eigenvalue weighted by Gasteiger charge is 2.21. The third-order valence-corrected chi connectivity index (χ3v) is 4.38. The van der Waals surface area contributed by atoms with E-state index < -0.39 is 0 Å². The lowest BCUT2D eigenvalue weighted by molar-refractivity contribution is 0.274. The SMILES string of the molecule is CCCNCC1CCN(CCCN2CCCC2)C1. The summed E-state index contributed by atoms with van der Waals surface area (Å²) in [5.74, 6) is 0.906. The van der Waals surface area contributed by atoms with Crippen molar-refractivity contribution in [2.24, 2.45) is 5.92 Å². The molecular formula is C15H31N3. The van der Waals surface area contributed by atoms with Crippen LogP contribution < -0.4 is 5.32 Å². The normalized spacial score (nSPS) is 26.2. The quantitative estimate of drug-likeness (QED) is 0.665. The van der Waals surface area contributed by atoms with Crippen molar-refractivity contribution in [1.82, 2.24) is 15.1 Å². The third kappa shape index (κ3) is 4.87. The molecule has 2 heterocycles. The number of likely N-dealkylation sites (tertiary alicyclic amines) is 2. The van der Waals surface area contributed by atoms with Crippen LogP contribution in [0.25, 0.3) is 0 Å². The van der Waals surface area contributed by atoms with E-state index in [4.69, 9.17) is 0 Å².